The molecule has 2 rings (SSSR count). The molecule has 0 bridgehead atoms. The van der Waals surface area contributed by atoms with Crippen LogP contribution in [0.2, 0.25) is 0 Å². The number of likely N-dealkylation sites (N-methyl/N-ethyl adjacent to an activating group) is 1. The van der Waals surface area contributed by atoms with Crippen molar-refractivity contribution in [2.45, 2.75) is 39.3 Å². The van der Waals surface area contributed by atoms with Crippen LogP contribution < -0.4 is 5.32 Å². The molecule has 0 aromatic heterocycles. The number of hydrogen-bond donors (Lipinski definition) is 1. The molecule has 1 aliphatic rings. The maximum atomic E-state index is 3.53. The Morgan fingerprint density at radius 3 is 2.19 bits per heavy atom. The summed E-state index contributed by atoms with van der Waals surface area (Å²) in [5.41, 5.74) is 1.44. The summed E-state index contributed by atoms with van der Waals surface area (Å²) in [6.45, 7) is 13.7. The van der Waals surface area contributed by atoms with Crippen LogP contribution in [-0.2, 0) is 0 Å². The molecular formula is C18H31N3. The predicted octanol–water partition coefficient (Wildman–Crippen LogP) is 2.75. The third-order valence-electron chi connectivity index (χ3n) is 4.78. The summed E-state index contributed by atoms with van der Waals surface area (Å²) in [5.74, 6) is 0. The number of piperazine rings is 1. The zero-order chi connectivity index (χ0) is 15.1. The molecule has 1 fully saturated rings. The normalized spacial score (nSPS) is 20.3. The molecule has 3 nitrogen and oxygen atoms in total. The number of hydrogen-bond acceptors (Lipinski definition) is 3. The predicted molar refractivity (Wildman–Crippen MR) is 90.6 cm³/mol. The monoisotopic (exact) mass is 289 g/mol. The van der Waals surface area contributed by atoms with E-state index in [9.17, 15) is 0 Å². The molecule has 118 valence electrons. The molecule has 1 saturated heterocycles. The van der Waals surface area contributed by atoms with Crippen molar-refractivity contribution < 1.29 is 0 Å². The lowest BCUT2D eigenvalue weighted by molar-refractivity contribution is 0.0718. The van der Waals surface area contributed by atoms with Gasteiger partial charge >= 0.3 is 0 Å². The first kappa shape index (κ1) is 16.5. The second kappa shape index (κ2) is 8.52. The third kappa shape index (κ3) is 4.53. The van der Waals surface area contributed by atoms with Crippen molar-refractivity contribution in [3.63, 3.8) is 0 Å². The molecule has 1 heterocycles. The Hall–Kier alpha value is -0.900. The van der Waals surface area contributed by atoms with E-state index in [4.69, 9.17) is 0 Å². The van der Waals surface area contributed by atoms with Gasteiger partial charge in [-0.1, -0.05) is 44.2 Å². The SMILES string of the molecule is CCNCC(c1ccccc1)N1CCN(C(C)CC)CC1. The van der Waals surface area contributed by atoms with Crippen molar-refractivity contribution in [1.29, 1.82) is 0 Å². The molecule has 1 aromatic carbocycles. The molecule has 2 atom stereocenters. The van der Waals surface area contributed by atoms with Gasteiger partial charge < -0.3 is 5.32 Å². The van der Waals surface area contributed by atoms with E-state index >= 15 is 0 Å². The van der Waals surface area contributed by atoms with Gasteiger partial charge in [-0.2, -0.15) is 0 Å². The maximum absolute atomic E-state index is 3.53. The molecule has 1 aliphatic heterocycles. The van der Waals surface area contributed by atoms with Crippen LogP contribution in [-0.4, -0.2) is 55.1 Å². The highest BCUT2D eigenvalue weighted by molar-refractivity contribution is 5.19. The van der Waals surface area contributed by atoms with Gasteiger partial charge in [-0.25, -0.2) is 0 Å². The van der Waals surface area contributed by atoms with Gasteiger partial charge in [-0.15, -0.1) is 0 Å². The molecule has 2 unspecified atom stereocenters. The Morgan fingerprint density at radius 1 is 1.00 bits per heavy atom. The Kier molecular flexibility index (Phi) is 6.68. The average Bonchev–Trinajstić information content (AvgIpc) is 2.56. The summed E-state index contributed by atoms with van der Waals surface area (Å²) in [6, 6.07) is 12.2. The third-order valence-corrected chi connectivity index (χ3v) is 4.78. The van der Waals surface area contributed by atoms with Gasteiger partial charge in [0, 0.05) is 44.8 Å². The van der Waals surface area contributed by atoms with Crippen molar-refractivity contribution in [3.8, 4) is 0 Å². The molecule has 1 N–H and O–H groups in total. The fourth-order valence-electron chi connectivity index (χ4n) is 3.16. The highest BCUT2D eigenvalue weighted by atomic mass is 15.3. The maximum Gasteiger partial charge on any atom is 0.0473 e. The minimum Gasteiger partial charge on any atom is -0.315 e. The summed E-state index contributed by atoms with van der Waals surface area (Å²) >= 11 is 0. The Balaban J connectivity index is 1.99. The molecule has 0 radical (unpaired) electrons. The Morgan fingerprint density at radius 2 is 1.62 bits per heavy atom. The van der Waals surface area contributed by atoms with Crippen LogP contribution in [0.5, 0.6) is 0 Å². The lowest BCUT2D eigenvalue weighted by Gasteiger charge is -2.41. The van der Waals surface area contributed by atoms with Crippen molar-refractivity contribution >= 4 is 0 Å². The Bertz CT molecular complexity index is 385. The first-order valence-corrected chi connectivity index (χ1v) is 8.50. The number of nitrogens with one attached hydrogen (secondary N) is 1. The number of nitrogens with zero attached hydrogens (tertiary/aromatic N) is 2. The highest BCUT2D eigenvalue weighted by Crippen LogP contribution is 2.22. The summed E-state index contributed by atoms with van der Waals surface area (Å²) in [6.07, 6.45) is 1.25. The molecule has 3 heteroatoms. The largest absolute Gasteiger partial charge is 0.315 e. The average molecular weight is 289 g/mol. The second-order valence-electron chi connectivity index (χ2n) is 6.06. The lowest BCUT2D eigenvalue weighted by atomic mass is 10.0. The van der Waals surface area contributed by atoms with Crippen LogP contribution in [0.4, 0.5) is 0 Å². The van der Waals surface area contributed by atoms with Crippen LogP contribution >= 0.6 is 0 Å². The van der Waals surface area contributed by atoms with Crippen molar-refractivity contribution in [1.82, 2.24) is 15.1 Å². The van der Waals surface area contributed by atoms with E-state index in [-0.39, 0.29) is 0 Å². The van der Waals surface area contributed by atoms with E-state index in [1.54, 1.807) is 0 Å². The Labute approximate surface area is 130 Å². The molecule has 0 spiro atoms. The second-order valence-corrected chi connectivity index (χ2v) is 6.06. The summed E-state index contributed by atoms with van der Waals surface area (Å²) in [4.78, 5) is 5.28. The lowest BCUT2D eigenvalue weighted by Crippen LogP contribution is -2.51. The van der Waals surface area contributed by atoms with E-state index in [1.165, 1.54) is 38.2 Å². The molecule has 21 heavy (non-hydrogen) atoms. The molecule has 0 aliphatic carbocycles. The first-order valence-electron chi connectivity index (χ1n) is 8.50. The van der Waals surface area contributed by atoms with E-state index in [1.807, 2.05) is 0 Å². The quantitative estimate of drug-likeness (QED) is 0.833. The standard InChI is InChI=1S/C18H31N3/c1-4-16(3)20-11-13-21(14-12-20)18(15-19-5-2)17-9-7-6-8-10-17/h6-10,16,18-19H,4-5,11-15H2,1-3H3. The zero-order valence-electron chi connectivity index (χ0n) is 13.9. The zero-order valence-corrected chi connectivity index (χ0v) is 13.9. The fraction of sp³-hybridized carbons (Fsp3) is 0.667. The van der Waals surface area contributed by atoms with Gasteiger partial charge in [0.1, 0.15) is 0 Å². The van der Waals surface area contributed by atoms with E-state index in [0.29, 0.717) is 6.04 Å². The van der Waals surface area contributed by atoms with E-state index in [2.05, 4.69) is 66.2 Å². The first-order chi connectivity index (χ1) is 10.3. The summed E-state index contributed by atoms with van der Waals surface area (Å²) < 4.78 is 0. The van der Waals surface area contributed by atoms with Crippen LogP contribution in [0.3, 0.4) is 0 Å². The minimum absolute atomic E-state index is 0.505. The number of rotatable bonds is 7. The van der Waals surface area contributed by atoms with E-state index < -0.39 is 0 Å². The summed E-state index contributed by atoms with van der Waals surface area (Å²) in [7, 11) is 0. The van der Waals surface area contributed by atoms with Gasteiger partial charge in [0.15, 0.2) is 0 Å². The molecule has 0 saturated carbocycles. The van der Waals surface area contributed by atoms with Gasteiger partial charge in [0.25, 0.3) is 0 Å². The molecule has 1 aromatic rings. The smallest absolute Gasteiger partial charge is 0.0473 e. The van der Waals surface area contributed by atoms with Crippen LogP contribution in [0.25, 0.3) is 0 Å². The van der Waals surface area contributed by atoms with Crippen LogP contribution in [0, 0.1) is 0 Å². The highest BCUT2D eigenvalue weighted by Gasteiger charge is 2.26. The van der Waals surface area contributed by atoms with Gasteiger partial charge in [-0.05, 0) is 25.5 Å². The minimum atomic E-state index is 0.505. The van der Waals surface area contributed by atoms with Gasteiger partial charge in [0.2, 0.25) is 0 Å². The van der Waals surface area contributed by atoms with Crippen molar-refractivity contribution in [3.05, 3.63) is 35.9 Å². The fourth-order valence-corrected chi connectivity index (χ4v) is 3.16. The van der Waals surface area contributed by atoms with Crippen LogP contribution in [0.15, 0.2) is 30.3 Å². The van der Waals surface area contributed by atoms with Crippen molar-refractivity contribution in [2.75, 3.05) is 39.3 Å². The van der Waals surface area contributed by atoms with Gasteiger partial charge in [-0.3, -0.25) is 9.80 Å². The number of benzene rings is 1. The molecule has 0 amide bonds. The van der Waals surface area contributed by atoms with E-state index in [0.717, 1.165) is 19.1 Å². The molecular weight excluding hydrogens is 258 g/mol. The summed E-state index contributed by atoms with van der Waals surface area (Å²) in [5, 5.41) is 3.53. The topological polar surface area (TPSA) is 18.5 Å². The van der Waals surface area contributed by atoms with Crippen molar-refractivity contribution in [2.24, 2.45) is 0 Å². The van der Waals surface area contributed by atoms with Gasteiger partial charge in [0.05, 0.1) is 0 Å². The van der Waals surface area contributed by atoms with Crippen LogP contribution in [0.1, 0.15) is 38.8 Å².